The van der Waals surface area contributed by atoms with Crippen LogP contribution in [-0.2, 0) is 7.05 Å². The van der Waals surface area contributed by atoms with Crippen molar-refractivity contribution in [2.45, 2.75) is 25.7 Å². The molecular formula is C9H14N2O. The van der Waals surface area contributed by atoms with Gasteiger partial charge >= 0.3 is 0 Å². The van der Waals surface area contributed by atoms with Gasteiger partial charge in [0.2, 0.25) is 0 Å². The van der Waals surface area contributed by atoms with E-state index in [2.05, 4.69) is 12.0 Å². The zero-order valence-electron chi connectivity index (χ0n) is 7.50. The Labute approximate surface area is 71.4 Å². The molecule has 1 saturated carbocycles. The molecule has 1 aliphatic rings. The normalized spacial score (nSPS) is 28.5. The molecule has 1 aliphatic carbocycles. The van der Waals surface area contributed by atoms with Crippen molar-refractivity contribution in [3.63, 3.8) is 0 Å². The zero-order chi connectivity index (χ0) is 8.72. The van der Waals surface area contributed by atoms with Crippen LogP contribution in [0.1, 0.15) is 31.4 Å². The van der Waals surface area contributed by atoms with Crippen LogP contribution in [0, 0.1) is 5.92 Å². The van der Waals surface area contributed by atoms with Crippen LogP contribution in [0.2, 0.25) is 0 Å². The Kier molecular flexibility index (Phi) is 1.60. The van der Waals surface area contributed by atoms with Crippen molar-refractivity contribution in [3.8, 4) is 0 Å². The summed E-state index contributed by atoms with van der Waals surface area (Å²) in [4.78, 5) is 11.1. The molecule has 0 saturated heterocycles. The number of nitrogens with zero attached hydrogens (tertiary/aromatic N) is 1. The third kappa shape index (κ3) is 1.09. The molecule has 0 aliphatic heterocycles. The molecule has 1 N–H and O–H groups in total. The molecule has 3 nitrogen and oxygen atoms in total. The van der Waals surface area contributed by atoms with Crippen LogP contribution in [0.15, 0.2) is 10.9 Å². The van der Waals surface area contributed by atoms with E-state index in [0.29, 0.717) is 5.92 Å². The average Bonchev–Trinajstić information content (AvgIpc) is 2.26. The first-order valence-electron chi connectivity index (χ1n) is 4.42. The van der Waals surface area contributed by atoms with Crippen LogP contribution in [0.4, 0.5) is 0 Å². The lowest BCUT2D eigenvalue weighted by molar-refractivity contribution is 0.282. The van der Waals surface area contributed by atoms with Crippen molar-refractivity contribution < 1.29 is 0 Å². The van der Waals surface area contributed by atoms with Gasteiger partial charge in [0.05, 0.1) is 0 Å². The lowest BCUT2D eigenvalue weighted by Crippen LogP contribution is -2.19. The average molecular weight is 166 g/mol. The number of H-pyrrole nitrogens is 1. The Morgan fingerprint density at radius 2 is 2.25 bits per heavy atom. The Balaban J connectivity index is 2.19. The lowest BCUT2D eigenvalue weighted by atomic mass is 9.74. The van der Waals surface area contributed by atoms with E-state index < -0.39 is 0 Å². The Morgan fingerprint density at radius 3 is 2.67 bits per heavy atom. The second-order valence-corrected chi connectivity index (χ2v) is 3.88. The van der Waals surface area contributed by atoms with Gasteiger partial charge in [-0.05, 0) is 18.8 Å². The summed E-state index contributed by atoms with van der Waals surface area (Å²) in [7, 11) is 1.76. The summed E-state index contributed by atoms with van der Waals surface area (Å²) in [5.41, 5.74) is 1.19. The van der Waals surface area contributed by atoms with E-state index in [-0.39, 0.29) is 5.56 Å². The number of aryl methyl sites for hydroxylation is 1. The van der Waals surface area contributed by atoms with E-state index in [1.165, 1.54) is 12.8 Å². The van der Waals surface area contributed by atoms with E-state index in [1.807, 2.05) is 0 Å². The number of hydrogen-bond donors (Lipinski definition) is 1. The third-order valence-corrected chi connectivity index (χ3v) is 2.72. The molecule has 0 bridgehead atoms. The minimum atomic E-state index is 0.0737. The SMILES string of the molecule is CC1CC(c2cc(=O)n(C)[nH]2)C1. The summed E-state index contributed by atoms with van der Waals surface area (Å²) in [6.07, 6.45) is 2.44. The van der Waals surface area contributed by atoms with Gasteiger partial charge in [0.15, 0.2) is 0 Å². The van der Waals surface area contributed by atoms with Crippen LogP contribution in [-0.4, -0.2) is 9.78 Å². The van der Waals surface area contributed by atoms with E-state index in [4.69, 9.17) is 0 Å². The number of nitrogens with one attached hydrogen (secondary N) is 1. The predicted octanol–water partition coefficient (Wildman–Crippen LogP) is 1.23. The van der Waals surface area contributed by atoms with E-state index >= 15 is 0 Å². The maximum atomic E-state index is 11.1. The first-order chi connectivity index (χ1) is 5.66. The van der Waals surface area contributed by atoms with Gasteiger partial charge in [-0.25, -0.2) is 0 Å². The molecule has 2 rings (SSSR count). The summed E-state index contributed by atoms with van der Waals surface area (Å²) in [5, 5.41) is 3.07. The summed E-state index contributed by atoms with van der Waals surface area (Å²) in [6, 6.07) is 1.72. The van der Waals surface area contributed by atoms with Crippen molar-refractivity contribution in [1.29, 1.82) is 0 Å². The fourth-order valence-corrected chi connectivity index (χ4v) is 1.88. The fraction of sp³-hybridized carbons (Fsp3) is 0.667. The smallest absolute Gasteiger partial charge is 0.266 e. The van der Waals surface area contributed by atoms with Crippen LogP contribution < -0.4 is 5.56 Å². The molecule has 3 heteroatoms. The van der Waals surface area contributed by atoms with Crippen molar-refractivity contribution in [2.24, 2.45) is 13.0 Å². The maximum absolute atomic E-state index is 11.1. The highest BCUT2D eigenvalue weighted by Gasteiger charge is 2.28. The standard InChI is InChI=1S/C9H14N2O/c1-6-3-7(4-6)8-5-9(12)11(2)10-8/h5-7,10H,3-4H2,1-2H3. The molecule has 66 valence electrons. The summed E-state index contributed by atoms with van der Waals surface area (Å²) in [5.74, 6) is 1.44. The molecule has 1 heterocycles. The van der Waals surface area contributed by atoms with Gasteiger partial charge in [0.1, 0.15) is 0 Å². The number of aromatic amines is 1. The van der Waals surface area contributed by atoms with Gasteiger partial charge < -0.3 is 0 Å². The molecule has 1 fully saturated rings. The second kappa shape index (κ2) is 2.51. The van der Waals surface area contributed by atoms with Crippen LogP contribution >= 0.6 is 0 Å². The van der Waals surface area contributed by atoms with Crippen molar-refractivity contribution in [2.75, 3.05) is 0 Å². The van der Waals surface area contributed by atoms with Gasteiger partial charge in [-0.15, -0.1) is 0 Å². The number of rotatable bonds is 1. The summed E-state index contributed by atoms with van der Waals surface area (Å²) < 4.78 is 1.54. The summed E-state index contributed by atoms with van der Waals surface area (Å²) in [6.45, 7) is 2.25. The van der Waals surface area contributed by atoms with E-state index in [9.17, 15) is 4.79 Å². The van der Waals surface area contributed by atoms with Crippen molar-refractivity contribution in [1.82, 2.24) is 9.78 Å². The number of hydrogen-bond acceptors (Lipinski definition) is 1. The molecule has 0 unspecified atom stereocenters. The second-order valence-electron chi connectivity index (χ2n) is 3.88. The highest BCUT2D eigenvalue weighted by atomic mass is 16.1. The van der Waals surface area contributed by atoms with Crippen LogP contribution in [0.25, 0.3) is 0 Å². The van der Waals surface area contributed by atoms with Gasteiger partial charge in [0.25, 0.3) is 5.56 Å². The van der Waals surface area contributed by atoms with Crippen molar-refractivity contribution >= 4 is 0 Å². The molecule has 1 aromatic heterocycles. The van der Waals surface area contributed by atoms with E-state index in [1.54, 1.807) is 17.8 Å². The quantitative estimate of drug-likeness (QED) is 0.669. The van der Waals surface area contributed by atoms with Gasteiger partial charge in [-0.1, -0.05) is 6.92 Å². The highest BCUT2D eigenvalue weighted by Crippen LogP contribution is 2.39. The molecule has 1 aromatic rings. The molecule has 0 radical (unpaired) electrons. The largest absolute Gasteiger partial charge is 0.300 e. The predicted molar refractivity (Wildman–Crippen MR) is 47.2 cm³/mol. The first kappa shape index (κ1) is 7.65. The van der Waals surface area contributed by atoms with Gasteiger partial charge in [-0.2, -0.15) is 0 Å². The summed E-state index contributed by atoms with van der Waals surface area (Å²) >= 11 is 0. The van der Waals surface area contributed by atoms with Crippen LogP contribution in [0.3, 0.4) is 0 Å². The maximum Gasteiger partial charge on any atom is 0.266 e. The molecule has 0 amide bonds. The molecule has 0 atom stereocenters. The first-order valence-corrected chi connectivity index (χ1v) is 4.42. The Morgan fingerprint density at radius 1 is 1.58 bits per heavy atom. The Bertz CT molecular complexity index is 331. The van der Waals surface area contributed by atoms with Gasteiger partial charge in [-0.3, -0.25) is 14.6 Å². The molecular weight excluding hydrogens is 152 g/mol. The van der Waals surface area contributed by atoms with E-state index in [0.717, 1.165) is 11.6 Å². The highest BCUT2D eigenvalue weighted by molar-refractivity contribution is 5.10. The number of aromatic nitrogens is 2. The zero-order valence-corrected chi connectivity index (χ0v) is 7.50. The lowest BCUT2D eigenvalue weighted by Gasteiger charge is -2.31. The van der Waals surface area contributed by atoms with Crippen molar-refractivity contribution in [3.05, 3.63) is 22.1 Å². The third-order valence-electron chi connectivity index (χ3n) is 2.72. The molecule has 0 spiro atoms. The van der Waals surface area contributed by atoms with Crippen LogP contribution in [0.5, 0.6) is 0 Å². The topological polar surface area (TPSA) is 37.8 Å². The Hall–Kier alpha value is -0.990. The van der Waals surface area contributed by atoms with Gasteiger partial charge in [0, 0.05) is 24.7 Å². The molecule has 12 heavy (non-hydrogen) atoms. The minimum Gasteiger partial charge on any atom is -0.300 e. The molecule has 0 aromatic carbocycles. The fourth-order valence-electron chi connectivity index (χ4n) is 1.88. The monoisotopic (exact) mass is 166 g/mol. The minimum absolute atomic E-state index is 0.0737.